The van der Waals surface area contributed by atoms with Crippen LogP contribution in [-0.2, 0) is 9.59 Å². The first kappa shape index (κ1) is 25.3. The number of nitrogens with one attached hydrogen (secondary N) is 2. The third-order valence-electron chi connectivity index (χ3n) is 6.52. The molecule has 1 aliphatic rings. The summed E-state index contributed by atoms with van der Waals surface area (Å²) in [6.07, 6.45) is 5.41. The second-order valence-electron chi connectivity index (χ2n) is 9.10. The molecule has 2 amide bonds. The average Bonchev–Trinajstić information content (AvgIpc) is 3.34. The molecule has 1 atom stereocenters. The molecule has 5 rings (SSSR count). The van der Waals surface area contributed by atoms with Crippen LogP contribution in [0.5, 0.6) is 5.75 Å². The summed E-state index contributed by atoms with van der Waals surface area (Å²) in [4.78, 5) is 31.6. The van der Waals surface area contributed by atoms with Crippen LogP contribution >= 0.6 is 23.1 Å². The zero-order chi connectivity index (χ0) is 25.6. The number of carbonyl (C=O) groups excluding carboxylic acids is 2. The van der Waals surface area contributed by atoms with E-state index >= 15 is 0 Å². The van der Waals surface area contributed by atoms with Crippen molar-refractivity contribution in [1.82, 2.24) is 4.98 Å². The maximum Gasteiger partial charge on any atom is 0.244 e. The number of rotatable bonds is 8. The van der Waals surface area contributed by atoms with E-state index in [2.05, 4.69) is 15.6 Å². The van der Waals surface area contributed by atoms with Crippen molar-refractivity contribution < 1.29 is 14.3 Å². The van der Waals surface area contributed by atoms with E-state index < -0.39 is 5.25 Å². The predicted molar refractivity (Wildman–Crippen MR) is 151 cm³/mol. The fourth-order valence-corrected chi connectivity index (χ4v) is 6.44. The van der Waals surface area contributed by atoms with Crippen LogP contribution in [0.25, 0.3) is 10.2 Å². The third kappa shape index (κ3) is 6.32. The number of hydrogen-bond acceptors (Lipinski definition) is 6. The summed E-state index contributed by atoms with van der Waals surface area (Å²) in [7, 11) is 1.63. The predicted octanol–water partition coefficient (Wildman–Crippen LogP) is 7.30. The molecule has 1 saturated carbocycles. The molecule has 4 aromatic rings. The number of fused-ring (bicyclic) bond motifs is 1. The molecule has 37 heavy (non-hydrogen) atoms. The van der Waals surface area contributed by atoms with Gasteiger partial charge in [0.05, 0.1) is 17.3 Å². The summed E-state index contributed by atoms with van der Waals surface area (Å²) in [6.45, 7) is 0. The number of thiazole rings is 1. The van der Waals surface area contributed by atoms with Gasteiger partial charge in [0.1, 0.15) is 11.0 Å². The molecule has 0 saturated heterocycles. The van der Waals surface area contributed by atoms with Gasteiger partial charge in [0.2, 0.25) is 11.8 Å². The Morgan fingerprint density at radius 2 is 1.73 bits per heavy atom. The fourth-order valence-electron chi connectivity index (χ4n) is 4.52. The highest BCUT2D eigenvalue weighted by Crippen LogP contribution is 2.38. The summed E-state index contributed by atoms with van der Waals surface area (Å²) in [5.41, 5.74) is 2.50. The lowest BCUT2D eigenvalue weighted by molar-refractivity contribution is -0.120. The molecule has 1 unspecified atom stereocenters. The number of hydrogen-bond donors (Lipinski definition) is 2. The van der Waals surface area contributed by atoms with E-state index in [1.807, 2.05) is 72.8 Å². The van der Waals surface area contributed by atoms with Crippen LogP contribution in [-0.4, -0.2) is 23.9 Å². The van der Waals surface area contributed by atoms with Crippen molar-refractivity contribution in [3.05, 3.63) is 78.4 Å². The molecule has 1 fully saturated rings. The van der Waals surface area contributed by atoms with E-state index in [1.54, 1.807) is 7.11 Å². The van der Waals surface area contributed by atoms with Crippen LogP contribution < -0.4 is 15.4 Å². The van der Waals surface area contributed by atoms with Gasteiger partial charge in [-0.25, -0.2) is 4.98 Å². The summed E-state index contributed by atoms with van der Waals surface area (Å²) >= 11 is 2.89. The Balaban J connectivity index is 1.30. The lowest BCUT2D eigenvalue weighted by Gasteiger charge is -2.21. The molecule has 6 nitrogen and oxygen atoms in total. The van der Waals surface area contributed by atoms with Crippen molar-refractivity contribution >= 4 is 55.9 Å². The van der Waals surface area contributed by atoms with E-state index in [-0.39, 0.29) is 17.7 Å². The molecule has 8 heteroatoms. The number of carbonyl (C=O) groups is 2. The van der Waals surface area contributed by atoms with E-state index in [0.717, 1.165) is 57.8 Å². The number of ether oxygens (including phenoxy) is 1. The minimum Gasteiger partial charge on any atom is -0.497 e. The normalized spacial score (nSPS) is 14.7. The smallest absolute Gasteiger partial charge is 0.244 e. The molecule has 3 aromatic carbocycles. The maximum atomic E-state index is 13.5. The topological polar surface area (TPSA) is 80.3 Å². The molecular weight excluding hydrogens is 502 g/mol. The molecule has 1 heterocycles. The molecule has 1 aliphatic carbocycles. The Labute approximate surface area is 224 Å². The van der Waals surface area contributed by atoms with Crippen LogP contribution in [0.15, 0.2) is 77.7 Å². The number of methoxy groups -OCH3 is 1. The molecule has 2 N–H and O–H groups in total. The summed E-state index contributed by atoms with van der Waals surface area (Å²) in [6, 6.07) is 23.1. The van der Waals surface area contributed by atoms with Crippen molar-refractivity contribution in [2.45, 2.75) is 42.2 Å². The monoisotopic (exact) mass is 531 g/mol. The largest absolute Gasteiger partial charge is 0.497 e. The quantitative estimate of drug-likeness (QED) is 0.233. The lowest BCUT2D eigenvalue weighted by atomic mass is 9.88. The molecule has 0 bridgehead atoms. The third-order valence-corrected chi connectivity index (χ3v) is 8.72. The Hall–Kier alpha value is -3.36. The highest BCUT2D eigenvalue weighted by molar-refractivity contribution is 8.00. The van der Waals surface area contributed by atoms with Crippen molar-refractivity contribution in [3.63, 3.8) is 0 Å². The first-order chi connectivity index (χ1) is 18.1. The summed E-state index contributed by atoms with van der Waals surface area (Å²) in [5, 5.41) is 6.15. The van der Waals surface area contributed by atoms with Gasteiger partial charge in [0.25, 0.3) is 0 Å². The van der Waals surface area contributed by atoms with Gasteiger partial charge in [-0.05, 0) is 60.9 Å². The molecule has 1 aromatic heterocycles. The Morgan fingerprint density at radius 3 is 2.46 bits per heavy atom. The fraction of sp³-hybridized carbons (Fsp3) is 0.276. The van der Waals surface area contributed by atoms with Crippen LogP contribution in [0.4, 0.5) is 10.8 Å². The van der Waals surface area contributed by atoms with Gasteiger partial charge in [-0.3, -0.25) is 9.59 Å². The minimum atomic E-state index is -0.467. The van der Waals surface area contributed by atoms with Crippen LogP contribution in [0, 0.1) is 5.92 Å². The molecule has 0 radical (unpaired) electrons. The number of anilines is 2. The Morgan fingerprint density at radius 1 is 0.973 bits per heavy atom. The van der Waals surface area contributed by atoms with Crippen LogP contribution in [0.2, 0.25) is 0 Å². The van der Waals surface area contributed by atoms with E-state index in [9.17, 15) is 9.59 Å². The molecular formula is C29H29N3O3S2. The van der Waals surface area contributed by atoms with Gasteiger partial charge in [0, 0.05) is 16.5 Å². The van der Waals surface area contributed by atoms with Gasteiger partial charge >= 0.3 is 0 Å². The van der Waals surface area contributed by atoms with Crippen molar-refractivity contribution in [2.75, 3.05) is 17.7 Å². The van der Waals surface area contributed by atoms with Gasteiger partial charge in [-0.15, -0.1) is 11.8 Å². The Bertz CT molecular complexity index is 1370. The summed E-state index contributed by atoms with van der Waals surface area (Å²) < 4.78 is 6.25. The number of aromatic nitrogens is 1. The first-order valence-corrected chi connectivity index (χ1v) is 14.2. The van der Waals surface area contributed by atoms with Gasteiger partial charge in [0.15, 0.2) is 5.13 Å². The highest BCUT2D eigenvalue weighted by Gasteiger charge is 2.24. The zero-order valence-corrected chi connectivity index (χ0v) is 22.2. The SMILES string of the molecule is COc1ccc2nc(NC(=O)C(Sc3ccc(NC(=O)C4CCCCC4)cc3)c3ccccc3)sc2c1. The van der Waals surface area contributed by atoms with Crippen LogP contribution in [0.3, 0.4) is 0 Å². The standard InChI is InChI=1S/C29H29N3O3S2/c1-35-22-14-17-24-25(18-22)37-29(31-24)32-28(34)26(19-8-4-2-5-9-19)36-23-15-12-21(13-16-23)30-27(33)20-10-6-3-7-11-20/h2,4-5,8-9,12-18,20,26H,3,6-7,10-11H2,1H3,(H,30,33)(H,31,32,34). The average molecular weight is 532 g/mol. The number of thioether (sulfide) groups is 1. The maximum absolute atomic E-state index is 13.5. The van der Waals surface area contributed by atoms with E-state index in [4.69, 9.17) is 4.74 Å². The molecule has 0 aliphatic heterocycles. The second-order valence-corrected chi connectivity index (χ2v) is 11.3. The summed E-state index contributed by atoms with van der Waals surface area (Å²) in [5.74, 6) is 0.828. The molecule has 190 valence electrons. The zero-order valence-electron chi connectivity index (χ0n) is 20.6. The van der Waals surface area contributed by atoms with Gasteiger partial charge in [-0.1, -0.05) is 60.9 Å². The van der Waals surface area contributed by atoms with Crippen molar-refractivity contribution in [1.29, 1.82) is 0 Å². The Kier molecular flexibility index (Phi) is 8.06. The lowest BCUT2D eigenvalue weighted by Crippen LogP contribution is -2.24. The number of amides is 2. The second kappa shape index (κ2) is 11.8. The van der Waals surface area contributed by atoms with Gasteiger partial charge < -0.3 is 15.4 Å². The van der Waals surface area contributed by atoms with Crippen molar-refractivity contribution in [3.8, 4) is 5.75 Å². The van der Waals surface area contributed by atoms with E-state index in [1.165, 1.54) is 29.5 Å². The van der Waals surface area contributed by atoms with Crippen LogP contribution in [0.1, 0.15) is 42.9 Å². The van der Waals surface area contributed by atoms with E-state index in [0.29, 0.717) is 5.13 Å². The number of benzene rings is 3. The highest BCUT2D eigenvalue weighted by atomic mass is 32.2. The first-order valence-electron chi connectivity index (χ1n) is 12.5. The molecule has 0 spiro atoms. The number of nitrogens with zero attached hydrogens (tertiary/aromatic N) is 1. The minimum absolute atomic E-state index is 0.107. The van der Waals surface area contributed by atoms with Crippen molar-refractivity contribution in [2.24, 2.45) is 5.92 Å². The van der Waals surface area contributed by atoms with Gasteiger partial charge in [-0.2, -0.15) is 0 Å².